The first-order valence-corrected chi connectivity index (χ1v) is 9.51. The van der Waals surface area contributed by atoms with Crippen LogP contribution in [0.4, 0.5) is 0 Å². The zero-order valence-corrected chi connectivity index (χ0v) is 15.3. The molecular weight excluding hydrogens is 372 g/mol. The number of carbonyl (C=O) groups excluding carboxylic acids is 1. The summed E-state index contributed by atoms with van der Waals surface area (Å²) >= 11 is 5.19. The molecule has 1 aromatic heterocycles. The lowest BCUT2D eigenvalue weighted by Gasteiger charge is -2.31. The van der Waals surface area contributed by atoms with Crippen LogP contribution in [-0.4, -0.2) is 37.0 Å². The number of hydrogen-bond donors (Lipinski definition) is 1. The van der Waals surface area contributed by atoms with Crippen molar-refractivity contribution in [3.05, 3.63) is 62.8 Å². The Morgan fingerprint density at radius 1 is 1.30 bits per heavy atom. The van der Waals surface area contributed by atoms with Crippen molar-refractivity contribution in [2.45, 2.75) is 6.54 Å². The Kier molecular flexibility index (Phi) is 5.65. The van der Waals surface area contributed by atoms with E-state index < -0.39 is 0 Å². The van der Waals surface area contributed by atoms with Crippen molar-refractivity contribution in [3.8, 4) is 0 Å². The fourth-order valence-corrected chi connectivity index (χ4v) is 3.87. The van der Waals surface area contributed by atoms with Crippen LogP contribution in [0.15, 0.2) is 51.6 Å². The van der Waals surface area contributed by atoms with Crippen molar-refractivity contribution >= 4 is 39.2 Å². The second-order valence-corrected chi connectivity index (χ2v) is 7.47. The van der Waals surface area contributed by atoms with Gasteiger partial charge < -0.3 is 9.80 Å². The molecule has 1 aliphatic rings. The molecule has 3 rings (SSSR count). The molecule has 1 N–H and O–H groups in total. The molecule has 1 fully saturated rings. The predicted octanol–water partition coefficient (Wildman–Crippen LogP) is 2.45. The Balaban J connectivity index is 1.50. The molecule has 2 aromatic rings. The standard InChI is InChI=1S/C18H19BrN2OS/c19-17-3-1-2-15(12-17)4-5-18(22)21-9-7-20(8-10-21)13-16-6-11-23-14-16/h1-6,11-12,14H,7-10,13H2/p+1/b5-4+. The van der Waals surface area contributed by atoms with Crippen molar-refractivity contribution in [1.82, 2.24) is 4.90 Å². The highest BCUT2D eigenvalue weighted by atomic mass is 79.9. The van der Waals surface area contributed by atoms with E-state index in [1.165, 1.54) is 5.56 Å². The van der Waals surface area contributed by atoms with Crippen LogP contribution in [0.1, 0.15) is 11.1 Å². The van der Waals surface area contributed by atoms with Gasteiger partial charge in [0.05, 0.1) is 26.2 Å². The van der Waals surface area contributed by atoms with Gasteiger partial charge in [-0.05, 0) is 40.6 Å². The van der Waals surface area contributed by atoms with E-state index in [-0.39, 0.29) is 5.91 Å². The first-order valence-electron chi connectivity index (χ1n) is 7.78. The minimum atomic E-state index is 0.111. The van der Waals surface area contributed by atoms with Gasteiger partial charge >= 0.3 is 0 Å². The molecule has 5 heteroatoms. The van der Waals surface area contributed by atoms with Crippen molar-refractivity contribution in [1.29, 1.82) is 0 Å². The molecule has 2 heterocycles. The van der Waals surface area contributed by atoms with Crippen LogP contribution in [0, 0.1) is 0 Å². The fraction of sp³-hybridized carbons (Fsp3) is 0.278. The van der Waals surface area contributed by atoms with Crippen LogP contribution in [0.3, 0.4) is 0 Å². The Hall–Kier alpha value is -1.43. The van der Waals surface area contributed by atoms with E-state index in [1.807, 2.05) is 35.2 Å². The molecular formula is C18H20BrN2OS+. The molecule has 1 amide bonds. The highest BCUT2D eigenvalue weighted by molar-refractivity contribution is 9.10. The molecule has 3 nitrogen and oxygen atoms in total. The number of rotatable bonds is 4. The van der Waals surface area contributed by atoms with Crippen molar-refractivity contribution in [3.63, 3.8) is 0 Å². The van der Waals surface area contributed by atoms with Gasteiger partial charge in [0, 0.05) is 16.1 Å². The average molecular weight is 392 g/mol. The number of carbonyl (C=O) groups is 1. The van der Waals surface area contributed by atoms with Gasteiger partial charge in [0.2, 0.25) is 5.91 Å². The summed E-state index contributed by atoms with van der Waals surface area (Å²) in [6.07, 6.45) is 3.57. The number of halogens is 1. The lowest BCUT2D eigenvalue weighted by molar-refractivity contribution is -0.917. The summed E-state index contributed by atoms with van der Waals surface area (Å²) in [5.74, 6) is 0.111. The van der Waals surface area contributed by atoms with E-state index in [9.17, 15) is 4.79 Å². The second-order valence-electron chi connectivity index (χ2n) is 5.77. The smallest absolute Gasteiger partial charge is 0.246 e. The first-order chi connectivity index (χ1) is 11.2. The van der Waals surface area contributed by atoms with Gasteiger partial charge in [0.25, 0.3) is 0 Å². The molecule has 0 saturated carbocycles. The summed E-state index contributed by atoms with van der Waals surface area (Å²) in [5.41, 5.74) is 2.44. The third-order valence-corrected chi connectivity index (χ3v) is 5.31. The van der Waals surface area contributed by atoms with Crippen LogP contribution in [0.2, 0.25) is 0 Å². The minimum absolute atomic E-state index is 0.111. The van der Waals surface area contributed by atoms with Gasteiger partial charge in [-0.15, -0.1) is 0 Å². The summed E-state index contributed by atoms with van der Waals surface area (Å²) in [6.45, 7) is 4.78. The number of benzene rings is 1. The normalized spacial score (nSPS) is 16.1. The number of hydrogen-bond acceptors (Lipinski definition) is 2. The van der Waals surface area contributed by atoms with Crippen LogP contribution < -0.4 is 4.90 Å². The zero-order valence-electron chi connectivity index (χ0n) is 12.9. The molecule has 0 atom stereocenters. The number of nitrogens with zero attached hydrogens (tertiary/aromatic N) is 1. The molecule has 0 radical (unpaired) electrons. The summed E-state index contributed by atoms with van der Waals surface area (Å²) in [6, 6.07) is 10.1. The van der Waals surface area contributed by atoms with E-state index in [0.29, 0.717) is 0 Å². The Bertz CT molecular complexity index is 676. The van der Waals surface area contributed by atoms with Gasteiger partial charge in [-0.3, -0.25) is 4.79 Å². The summed E-state index contributed by atoms with van der Waals surface area (Å²) in [7, 11) is 0. The molecule has 0 aliphatic carbocycles. The summed E-state index contributed by atoms with van der Waals surface area (Å²) < 4.78 is 1.03. The quantitative estimate of drug-likeness (QED) is 0.795. The van der Waals surface area contributed by atoms with E-state index in [4.69, 9.17) is 0 Å². The Morgan fingerprint density at radius 3 is 2.83 bits per heavy atom. The second kappa shape index (κ2) is 7.90. The average Bonchev–Trinajstić information content (AvgIpc) is 3.06. The van der Waals surface area contributed by atoms with Crippen molar-refractivity contribution in [2.75, 3.05) is 26.2 Å². The molecule has 120 valence electrons. The van der Waals surface area contributed by atoms with Crippen LogP contribution >= 0.6 is 27.3 Å². The largest absolute Gasteiger partial charge is 0.328 e. The maximum atomic E-state index is 12.3. The van der Waals surface area contributed by atoms with Crippen LogP contribution in [0.25, 0.3) is 6.08 Å². The molecule has 23 heavy (non-hydrogen) atoms. The molecule has 1 aliphatic heterocycles. The molecule has 1 aromatic carbocycles. The number of nitrogens with one attached hydrogen (secondary N) is 1. The molecule has 1 saturated heterocycles. The maximum absolute atomic E-state index is 12.3. The highest BCUT2D eigenvalue weighted by Crippen LogP contribution is 2.13. The monoisotopic (exact) mass is 391 g/mol. The maximum Gasteiger partial charge on any atom is 0.246 e. The number of piperazine rings is 1. The van der Waals surface area contributed by atoms with Gasteiger partial charge in [-0.2, -0.15) is 11.3 Å². The van der Waals surface area contributed by atoms with Gasteiger partial charge in [-0.1, -0.05) is 28.1 Å². The highest BCUT2D eigenvalue weighted by Gasteiger charge is 2.22. The molecule has 0 unspecified atom stereocenters. The van der Waals surface area contributed by atoms with E-state index in [0.717, 1.165) is 42.8 Å². The van der Waals surface area contributed by atoms with Gasteiger partial charge in [-0.25, -0.2) is 0 Å². The van der Waals surface area contributed by atoms with Crippen molar-refractivity contribution < 1.29 is 9.69 Å². The Morgan fingerprint density at radius 2 is 2.13 bits per heavy atom. The number of amides is 1. The third kappa shape index (κ3) is 4.77. The van der Waals surface area contributed by atoms with Gasteiger partial charge in [0.15, 0.2) is 0 Å². The number of thiophene rings is 1. The van der Waals surface area contributed by atoms with Crippen molar-refractivity contribution in [2.24, 2.45) is 0 Å². The number of quaternary nitrogens is 1. The topological polar surface area (TPSA) is 24.8 Å². The van der Waals surface area contributed by atoms with E-state index >= 15 is 0 Å². The zero-order chi connectivity index (χ0) is 16.1. The SMILES string of the molecule is O=C(/C=C/c1cccc(Br)c1)N1CC[NH+](Cc2ccsc2)CC1. The predicted molar refractivity (Wildman–Crippen MR) is 98.5 cm³/mol. The van der Waals surface area contributed by atoms with E-state index in [2.05, 4.69) is 32.8 Å². The minimum Gasteiger partial charge on any atom is -0.328 e. The first kappa shape index (κ1) is 16.4. The lowest BCUT2D eigenvalue weighted by Crippen LogP contribution is -3.13. The van der Waals surface area contributed by atoms with Crippen LogP contribution in [0.5, 0.6) is 0 Å². The third-order valence-electron chi connectivity index (χ3n) is 4.08. The van der Waals surface area contributed by atoms with E-state index in [1.54, 1.807) is 22.3 Å². The molecule has 0 bridgehead atoms. The molecule has 0 spiro atoms. The Labute approximate surface area is 149 Å². The van der Waals surface area contributed by atoms with Crippen LogP contribution in [-0.2, 0) is 11.3 Å². The fourth-order valence-electron chi connectivity index (χ4n) is 2.79. The van der Waals surface area contributed by atoms with Gasteiger partial charge in [0.1, 0.15) is 6.54 Å². The summed E-state index contributed by atoms with van der Waals surface area (Å²) in [4.78, 5) is 15.8. The lowest BCUT2D eigenvalue weighted by atomic mass is 10.2. The summed E-state index contributed by atoms with van der Waals surface area (Å²) in [5, 5.41) is 4.34.